The van der Waals surface area contributed by atoms with Crippen molar-refractivity contribution in [3.8, 4) is 0 Å². The van der Waals surface area contributed by atoms with Gasteiger partial charge in [-0.15, -0.1) is 0 Å². The molecule has 2 rings (SSSR count). The summed E-state index contributed by atoms with van der Waals surface area (Å²) in [7, 11) is 0. The molecule has 0 bridgehead atoms. The van der Waals surface area contributed by atoms with Crippen LogP contribution in [0.5, 0.6) is 0 Å². The van der Waals surface area contributed by atoms with Crippen LogP contribution in [0.2, 0.25) is 0 Å². The van der Waals surface area contributed by atoms with E-state index in [1.807, 2.05) is 13.0 Å². The summed E-state index contributed by atoms with van der Waals surface area (Å²) < 4.78 is 0. The quantitative estimate of drug-likeness (QED) is 0.605. The second-order valence-corrected chi connectivity index (χ2v) is 4.95. The van der Waals surface area contributed by atoms with Crippen molar-refractivity contribution in [1.29, 1.82) is 0 Å². The monoisotopic (exact) mass is 250 g/mol. The highest BCUT2D eigenvalue weighted by Gasteiger charge is 2.20. The van der Waals surface area contributed by atoms with Crippen LogP contribution in [0.1, 0.15) is 19.5 Å². The van der Waals surface area contributed by atoms with Gasteiger partial charge in [-0.1, -0.05) is 0 Å². The Hall–Kier alpha value is -1.40. The second-order valence-electron chi connectivity index (χ2n) is 4.95. The summed E-state index contributed by atoms with van der Waals surface area (Å²) in [6.45, 7) is 10.6. The lowest BCUT2D eigenvalue weighted by atomic mass is 10.2. The van der Waals surface area contributed by atoms with Gasteiger partial charge in [-0.2, -0.15) is 4.98 Å². The van der Waals surface area contributed by atoms with Gasteiger partial charge in [0.05, 0.1) is 0 Å². The van der Waals surface area contributed by atoms with Gasteiger partial charge in [0.1, 0.15) is 5.82 Å². The molecule has 1 saturated heterocycles. The summed E-state index contributed by atoms with van der Waals surface area (Å²) in [4.78, 5) is 13.4. The number of nitrogens with one attached hydrogen (secondary N) is 1. The molecule has 6 heteroatoms. The Kier molecular flexibility index (Phi) is 3.98. The van der Waals surface area contributed by atoms with Gasteiger partial charge in [-0.3, -0.25) is 10.3 Å². The van der Waals surface area contributed by atoms with Crippen LogP contribution < -0.4 is 16.2 Å². The van der Waals surface area contributed by atoms with E-state index in [1.165, 1.54) is 0 Å². The Morgan fingerprint density at radius 2 is 1.89 bits per heavy atom. The van der Waals surface area contributed by atoms with Crippen molar-refractivity contribution in [2.45, 2.75) is 26.8 Å². The molecule has 0 aromatic carbocycles. The molecule has 0 radical (unpaired) electrons. The van der Waals surface area contributed by atoms with Crippen LogP contribution in [0.25, 0.3) is 0 Å². The Labute approximate surface area is 108 Å². The maximum atomic E-state index is 5.38. The predicted molar refractivity (Wildman–Crippen MR) is 73.5 cm³/mol. The zero-order valence-electron chi connectivity index (χ0n) is 11.3. The topological polar surface area (TPSA) is 70.3 Å². The fourth-order valence-electron chi connectivity index (χ4n) is 2.25. The molecule has 0 atom stereocenters. The highest BCUT2D eigenvalue weighted by molar-refractivity contribution is 5.44. The summed E-state index contributed by atoms with van der Waals surface area (Å²) in [6, 6.07) is 2.62. The first-order chi connectivity index (χ1) is 8.60. The van der Waals surface area contributed by atoms with Crippen molar-refractivity contribution in [2.75, 3.05) is 36.5 Å². The van der Waals surface area contributed by atoms with Crippen molar-refractivity contribution >= 4 is 11.8 Å². The van der Waals surface area contributed by atoms with Crippen LogP contribution in [0, 0.1) is 6.92 Å². The van der Waals surface area contributed by atoms with Crippen LogP contribution in [-0.2, 0) is 0 Å². The number of aryl methyl sites for hydroxylation is 1. The number of piperazine rings is 1. The molecule has 0 saturated carbocycles. The van der Waals surface area contributed by atoms with Gasteiger partial charge in [0.2, 0.25) is 5.95 Å². The molecule has 3 N–H and O–H groups in total. The standard InChI is InChI=1S/C12H22N6/c1-9(2)17-4-6-18(7-5-17)11-8-10(3)14-12(15-11)16-13/h8-9H,4-7,13H2,1-3H3,(H,14,15,16). The van der Waals surface area contributed by atoms with Crippen LogP contribution in [0.3, 0.4) is 0 Å². The van der Waals surface area contributed by atoms with E-state index in [0.717, 1.165) is 37.7 Å². The minimum atomic E-state index is 0.483. The molecule has 0 amide bonds. The van der Waals surface area contributed by atoms with Crippen molar-refractivity contribution in [1.82, 2.24) is 14.9 Å². The molecule has 1 aromatic heterocycles. The van der Waals surface area contributed by atoms with Gasteiger partial charge in [0.15, 0.2) is 0 Å². The highest BCUT2D eigenvalue weighted by Crippen LogP contribution is 2.17. The fraction of sp³-hybridized carbons (Fsp3) is 0.667. The lowest BCUT2D eigenvalue weighted by molar-refractivity contribution is 0.209. The van der Waals surface area contributed by atoms with Crippen LogP contribution in [0.4, 0.5) is 11.8 Å². The highest BCUT2D eigenvalue weighted by atomic mass is 15.3. The summed E-state index contributed by atoms with van der Waals surface area (Å²) in [5.74, 6) is 6.82. The van der Waals surface area contributed by atoms with Gasteiger partial charge in [0.25, 0.3) is 0 Å². The number of anilines is 2. The Morgan fingerprint density at radius 1 is 1.22 bits per heavy atom. The van der Waals surface area contributed by atoms with E-state index in [2.05, 4.69) is 39.0 Å². The second kappa shape index (κ2) is 5.49. The van der Waals surface area contributed by atoms with Crippen LogP contribution >= 0.6 is 0 Å². The molecular weight excluding hydrogens is 228 g/mol. The first-order valence-corrected chi connectivity index (χ1v) is 6.41. The lowest BCUT2D eigenvalue weighted by Crippen LogP contribution is -2.49. The predicted octanol–water partition coefficient (Wildman–Crippen LogP) is 0.601. The molecule has 6 nitrogen and oxygen atoms in total. The van der Waals surface area contributed by atoms with Crippen molar-refractivity contribution in [3.63, 3.8) is 0 Å². The zero-order valence-corrected chi connectivity index (χ0v) is 11.3. The molecule has 1 aliphatic rings. The summed E-state index contributed by atoms with van der Waals surface area (Å²) in [6.07, 6.45) is 0. The van der Waals surface area contributed by atoms with E-state index in [9.17, 15) is 0 Å². The van der Waals surface area contributed by atoms with Crippen LogP contribution in [0.15, 0.2) is 6.07 Å². The first kappa shape index (κ1) is 13.0. The van der Waals surface area contributed by atoms with Crippen molar-refractivity contribution in [2.24, 2.45) is 5.84 Å². The Morgan fingerprint density at radius 3 is 2.44 bits per heavy atom. The van der Waals surface area contributed by atoms with Crippen molar-refractivity contribution < 1.29 is 0 Å². The molecule has 18 heavy (non-hydrogen) atoms. The smallest absolute Gasteiger partial charge is 0.239 e. The third-order valence-electron chi connectivity index (χ3n) is 3.34. The van der Waals surface area contributed by atoms with E-state index in [1.54, 1.807) is 0 Å². The summed E-state index contributed by atoms with van der Waals surface area (Å²) in [5.41, 5.74) is 3.44. The average molecular weight is 250 g/mol. The number of nitrogen functional groups attached to an aromatic ring is 1. The van der Waals surface area contributed by atoms with Gasteiger partial charge in [-0.05, 0) is 20.8 Å². The van der Waals surface area contributed by atoms with E-state index in [-0.39, 0.29) is 0 Å². The fourth-order valence-corrected chi connectivity index (χ4v) is 2.25. The van der Waals surface area contributed by atoms with E-state index >= 15 is 0 Å². The number of hydrogen-bond acceptors (Lipinski definition) is 6. The maximum absolute atomic E-state index is 5.38. The molecule has 1 aromatic rings. The molecule has 0 unspecified atom stereocenters. The molecule has 100 valence electrons. The number of nitrogens with two attached hydrogens (primary N) is 1. The number of aromatic nitrogens is 2. The number of rotatable bonds is 3. The van der Waals surface area contributed by atoms with Gasteiger partial charge < -0.3 is 4.90 Å². The third kappa shape index (κ3) is 2.88. The molecule has 1 fully saturated rings. The maximum Gasteiger partial charge on any atom is 0.239 e. The van der Waals surface area contributed by atoms with E-state index in [0.29, 0.717) is 12.0 Å². The van der Waals surface area contributed by atoms with E-state index in [4.69, 9.17) is 5.84 Å². The SMILES string of the molecule is Cc1cc(N2CCN(C(C)C)CC2)nc(NN)n1. The number of nitrogens with zero attached hydrogens (tertiary/aromatic N) is 4. The normalized spacial score (nSPS) is 17.3. The van der Waals surface area contributed by atoms with Gasteiger partial charge in [-0.25, -0.2) is 10.8 Å². The zero-order chi connectivity index (χ0) is 13.1. The van der Waals surface area contributed by atoms with Crippen molar-refractivity contribution in [3.05, 3.63) is 11.8 Å². The molecule has 2 heterocycles. The van der Waals surface area contributed by atoms with Gasteiger partial charge >= 0.3 is 0 Å². The lowest BCUT2D eigenvalue weighted by Gasteiger charge is -2.37. The first-order valence-electron chi connectivity index (χ1n) is 6.41. The number of hydrazine groups is 1. The third-order valence-corrected chi connectivity index (χ3v) is 3.34. The molecule has 0 spiro atoms. The Balaban J connectivity index is 2.07. The number of hydrogen-bond donors (Lipinski definition) is 2. The summed E-state index contributed by atoms with van der Waals surface area (Å²) >= 11 is 0. The molecule has 1 aliphatic heterocycles. The van der Waals surface area contributed by atoms with Gasteiger partial charge in [0, 0.05) is 44.0 Å². The average Bonchev–Trinajstić information content (AvgIpc) is 2.38. The van der Waals surface area contributed by atoms with E-state index < -0.39 is 0 Å². The minimum absolute atomic E-state index is 0.483. The van der Waals surface area contributed by atoms with Crippen LogP contribution in [-0.4, -0.2) is 47.1 Å². The Bertz CT molecular complexity index is 398. The molecule has 0 aliphatic carbocycles. The minimum Gasteiger partial charge on any atom is -0.354 e. The summed E-state index contributed by atoms with van der Waals surface area (Å²) in [5, 5.41) is 0. The largest absolute Gasteiger partial charge is 0.354 e. The molecular formula is C12H22N6.